The topological polar surface area (TPSA) is 43.1 Å². The Balaban J connectivity index is 2.10. The molecule has 0 aromatic heterocycles. The summed E-state index contributed by atoms with van der Waals surface area (Å²) in [6, 6.07) is 6.85. The number of nitro groups is 1. The van der Waals surface area contributed by atoms with E-state index in [0.29, 0.717) is 12.3 Å². The molecule has 0 aliphatic heterocycles. The number of rotatable bonds is 4. The lowest BCUT2D eigenvalue weighted by Gasteiger charge is -2.29. The third-order valence-corrected chi connectivity index (χ3v) is 3.78. The van der Waals surface area contributed by atoms with Crippen LogP contribution in [0.4, 0.5) is 5.69 Å². The molecule has 1 saturated carbocycles. The van der Waals surface area contributed by atoms with Gasteiger partial charge in [-0.25, -0.2) is 0 Å². The van der Waals surface area contributed by atoms with Gasteiger partial charge in [-0.2, -0.15) is 0 Å². The van der Waals surface area contributed by atoms with Gasteiger partial charge in [-0.1, -0.05) is 24.6 Å². The van der Waals surface area contributed by atoms with Crippen LogP contribution in [0.1, 0.15) is 24.8 Å². The number of hydrogen-bond donors (Lipinski definition) is 0. The van der Waals surface area contributed by atoms with Gasteiger partial charge in [0.05, 0.1) is 4.92 Å². The van der Waals surface area contributed by atoms with Gasteiger partial charge in [-0.15, -0.1) is 11.6 Å². The zero-order chi connectivity index (χ0) is 11.5. The van der Waals surface area contributed by atoms with Crippen molar-refractivity contribution in [1.29, 1.82) is 0 Å². The zero-order valence-corrected chi connectivity index (χ0v) is 9.69. The first kappa shape index (κ1) is 11.4. The second-order valence-electron chi connectivity index (χ2n) is 4.30. The maximum Gasteiger partial charge on any atom is 0.272 e. The van der Waals surface area contributed by atoms with Gasteiger partial charge in [0.25, 0.3) is 5.69 Å². The Morgan fingerprint density at radius 1 is 1.44 bits per heavy atom. The molecule has 3 nitrogen and oxygen atoms in total. The van der Waals surface area contributed by atoms with E-state index in [1.165, 1.54) is 6.42 Å². The SMILES string of the molecule is O=[N+]([O-])c1ccccc1CC(Cl)C1CCC1. The van der Waals surface area contributed by atoms with Gasteiger partial charge in [-0.3, -0.25) is 10.1 Å². The molecule has 2 rings (SSSR count). The van der Waals surface area contributed by atoms with Crippen LogP contribution in [0.15, 0.2) is 24.3 Å². The van der Waals surface area contributed by atoms with Crippen LogP contribution in [-0.2, 0) is 6.42 Å². The van der Waals surface area contributed by atoms with Crippen LogP contribution in [0.5, 0.6) is 0 Å². The molecule has 1 aliphatic carbocycles. The Hall–Kier alpha value is -1.09. The number of para-hydroxylation sites is 1. The highest BCUT2D eigenvalue weighted by Crippen LogP contribution is 2.35. The molecule has 0 radical (unpaired) electrons. The molecule has 1 aromatic rings. The van der Waals surface area contributed by atoms with E-state index in [9.17, 15) is 10.1 Å². The molecule has 0 amide bonds. The molecule has 0 N–H and O–H groups in total. The van der Waals surface area contributed by atoms with Crippen molar-refractivity contribution >= 4 is 17.3 Å². The predicted octanol–water partition coefficient (Wildman–Crippen LogP) is 3.54. The summed E-state index contributed by atoms with van der Waals surface area (Å²) in [6.45, 7) is 0. The van der Waals surface area contributed by atoms with Gasteiger partial charge < -0.3 is 0 Å². The summed E-state index contributed by atoms with van der Waals surface area (Å²) in [5, 5.41) is 10.9. The number of nitrogens with zero attached hydrogens (tertiary/aromatic N) is 1. The minimum absolute atomic E-state index is 0.0369. The second kappa shape index (κ2) is 4.83. The van der Waals surface area contributed by atoms with Crippen molar-refractivity contribution in [2.75, 3.05) is 0 Å². The molecular formula is C12H14ClNO2. The van der Waals surface area contributed by atoms with Crippen LogP contribution in [0, 0.1) is 16.0 Å². The lowest BCUT2D eigenvalue weighted by atomic mass is 9.81. The lowest BCUT2D eigenvalue weighted by molar-refractivity contribution is -0.385. The predicted molar refractivity (Wildman–Crippen MR) is 63.8 cm³/mol. The number of halogens is 1. The van der Waals surface area contributed by atoms with Crippen LogP contribution >= 0.6 is 11.6 Å². The number of benzene rings is 1. The van der Waals surface area contributed by atoms with Gasteiger partial charge in [0.2, 0.25) is 0 Å². The Morgan fingerprint density at radius 2 is 2.12 bits per heavy atom. The summed E-state index contributed by atoms with van der Waals surface area (Å²) >= 11 is 6.27. The summed E-state index contributed by atoms with van der Waals surface area (Å²) in [5.41, 5.74) is 0.937. The fourth-order valence-electron chi connectivity index (χ4n) is 2.04. The maximum atomic E-state index is 10.8. The summed E-state index contributed by atoms with van der Waals surface area (Å²) < 4.78 is 0. The Morgan fingerprint density at radius 3 is 2.69 bits per heavy atom. The molecule has 0 saturated heterocycles. The van der Waals surface area contributed by atoms with E-state index in [1.54, 1.807) is 18.2 Å². The molecule has 86 valence electrons. The van der Waals surface area contributed by atoms with Crippen molar-refractivity contribution in [2.45, 2.75) is 31.1 Å². The molecule has 0 bridgehead atoms. The molecule has 16 heavy (non-hydrogen) atoms. The minimum Gasteiger partial charge on any atom is -0.258 e. The van der Waals surface area contributed by atoms with E-state index in [4.69, 9.17) is 11.6 Å². The summed E-state index contributed by atoms with van der Waals surface area (Å²) in [5.74, 6) is 0.543. The smallest absolute Gasteiger partial charge is 0.258 e. The van der Waals surface area contributed by atoms with E-state index in [1.807, 2.05) is 6.07 Å². The standard InChI is InChI=1S/C12H14ClNO2/c13-11(9-5-3-6-9)8-10-4-1-2-7-12(10)14(15)16/h1-2,4,7,9,11H,3,5-6,8H2. The normalized spacial score (nSPS) is 17.8. The van der Waals surface area contributed by atoms with Gasteiger partial charge in [0, 0.05) is 17.0 Å². The van der Waals surface area contributed by atoms with Gasteiger partial charge in [-0.05, 0) is 25.2 Å². The van der Waals surface area contributed by atoms with Crippen LogP contribution in [0.3, 0.4) is 0 Å². The minimum atomic E-state index is -0.334. The molecule has 0 spiro atoms. The average Bonchev–Trinajstić information content (AvgIpc) is 2.15. The fraction of sp³-hybridized carbons (Fsp3) is 0.500. The molecule has 1 unspecified atom stereocenters. The van der Waals surface area contributed by atoms with Gasteiger partial charge in [0.15, 0.2) is 0 Å². The van der Waals surface area contributed by atoms with E-state index < -0.39 is 0 Å². The Bertz CT molecular complexity index is 390. The molecule has 4 heteroatoms. The number of alkyl halides is 1. The van der Waals surface area contributed by atoms with Crippen molar-refractivity contribution < 1.29 is 4.92 Å². The molecule has 1 atom stereocenters. The first-order valence-electron chi connectivity index (χ1n) is 5.55. The van der Waals surface area contributed by atoms with Crippen molar-refractivity contribution in [1.82, 2.24) is 0 Å². The molecule has 1 aliphatic rings. The third-order valence-electron chi connectivity index (χ3n) is 3.26. The van der Waals surface area contributed by atoms with Gasteiger partial charge >= 0.3 is 0 Å². The zero-order valence-electron chi connectivity index (χ0n) is 8.93. The van der Waals surface area contributed by atoms with Crippen LogP contribution in [0.25, 0.3) is 0 Å². The first-order valence-corrected chi connectivity index (χ1v) is 5.98. The fourth-order valence-corrected chi connectivity index (χ4v) is 2.46. The van der Waals surface area contributed by atoms with Crippen molar-refractivity contribution in [3.05, 3.63) is 39.9 Å². The third kappa shape index (κ3) is 2.35. The summed E-state index contributed by atoms with van der Waals surface area (Å²) in [6.07, 6.45) is 4.16. The van der Waals surface area contributed by atoms with E-state index in [2.05, 4.69) is 0 Å². The average molecular weight is 240 g/mol. The largest absolute Gasteiger partial charge is 0.272 e. The highest BCUT2D eigenvalue weighted by molar-refractivity contribution is 6.21. The van der Waals surface area contributed by atoms with E-state index in [0.717, 1.165) is 18.4 Å². The van der Waals surface area contributed by atoms with E-state index in [-0.39, 0.29) is 16.0 Å². The molecule has 1 fully saturated rings. The van der Waals surface area contributed by atoms with E-state index >= 15 is 0 Å². The monoisotopic (exact) mass is 239 g/mol. The second-order valence-corrected chi connectivity index (χ2v) is 4.86. The molecule has 0 heterocycles. The highest BCUT2D eigenvalue weighted by Gasteiger charge is 2.27. The molecule has 1 aromatic carbocycles. The quantitative estimate of drug-likeness (QED) is 0.458. The van der Waals surface area contributed by atoms with Crippen molar-refractivity contribution in [3.8, 4) is 0 Å². The van der Waals surface area contributed by atoms with Crippen LogP contribution in [-0.4, -0.2) is 10.3 Å². The van der Waals surface area contributed by atoms with Crippen molar-refractivity contribution in [3.63, 3.8) is 0 Å². The molecular weight excluding hydrogens is 226 g/mol. The maximum absolute atomic E-state index is 10.8. The van der Waals surface area contributed by atoms with Crippen molar-refractivity contribution in [2.24, 2.45) is 5.92 Å². The summed E-state index contributed by atoms with van der Waals surface area (Å²) in [7, 11) is 0. The van der Waals surface area contributed by atoms with Crippen LogP contribution in [0.2, 0.25) is 0 Å². The lowest BCUT2D eigenvalue weighted by Crippen LogP contribution is -2.24. The number of nitro benzene ring substituents is 1. The Kier molecular flexibility index (Phi) is 3.44. The van der Waals surface area contributed by atoms with Gasteiger partial charge in [0.1, 0.15) is 0 Å². The Labute approximate surface area is 99.6 Å². The first-order chi connectivity index (χ1) is 7.68. The summed E-state index contributed by atoms with van der Waals surface area (Å²) in [4.78, 5) is 10.5. The highest BCUT2D eigenvalue weighted by atomic mass is 35.5. The number of hydrogen-bond acceptors (Lipinski definition) is 2. The van der Waals surface area contributed by atoms with Crippen LogP contribution < -0.4 is 0 Å².